The predicted octanol–water partition coefficient (Wildman–Crippen LogP) is 0.814. The molecule has 0 bridgehead atoms. The molecule has 6 nitrogen and oxygen atoms in total. The molecule has 3 aromatic rings. The van der Waals surface area contributed by atoms with Crippen LogP contribution in [0.3, 0.4) is 0 Å². The zero-order chi connectivity index (χ0) is 13.9. The van der Waals surface area contributed by atoms with Gasteiger partial charge in [-0.25, -0.2) is 4.98 Å². The smallest absolute Gasteiger partial charge is 0.302 e. The van der Waals surface area contributed by atoms with Gasteiger partial charge < -0.3 is 4.90 Å². The Morgan fingerprint density at radius 2 is 2.20 bits per heavy atom. The summed E-state index contributed by atoms with van der Waals surface area (Å²) in [5, 5.41) is 6.11. The van der Waals surface area contributed by atoms with Crippen LogP contribution >= 0.6 is 11.3 Å². The number of hydrogen-bond donors (Lipinski definition) is 2. The van der Waals surface area contributed by atoms with Crippen LogP contribution in [0.5, 0.6) is 0 Å². The fourth-order valence-corrected chi connectivity index (χ4v) is 3.75. The molecule has 4 rings (SSSR count). The molecular weight excluding hydrogens is 276 g/mol. The minimum Gasteiger partial charge on any atom is -0.302 e. The lowest BCUT2D eigenvalue weighted by molar-refractivity contribution is 0.310. The van der Waals surface area contributed by atoms with E-state index in [1.54, 1.807) is 0 Å². The standard InChI is InChI=1S/C13H12N4O2S/c1-17-3-2-8-6(5-17)4-7-9-11(20-13(7)14-8)10(18)12(19)16-15-9/h4H,2-3,5H2,1H3,(H,15,18)(H,16,19). The molecule has 0 spiro atoms. The van der Waals surface area contributed by atoms with E-state index in [1.165, 1.54) is 16.9 Å². The van der Waals surface area contributed by atoms with E-state index < -0.39 is 11.0 Å². The fraction of sp³-hybridized carbons (Fsp3) is 0.308. The van der Waals surface area contributed by atoms with Gasteiger partial charge in [0.25, 0.3) is 5.43 Å². The number of pyridine rings is 1. The first-order valence-electron chi connectivity index (χ1n) is 6.38. The van der Waals surface area contributed by atoms with Crippen LogP contribution in [0, 0.1) is 0 Å². The van der Waals surface area contributed by atoms with Crippen molar-refractivity contribution in [3.05, 3.63) is 37.9 Å². The lowest BCUT2D eigenvalue weighted by atomic mass is 10.1. The van der Waals surface area contributed by atoms with Crippen LogP contribution in [0.4, 0.5) is 0 Å². The summed E-state index contributed by atoms with van der Waals surface area (Å²) in [4.78, 5) is 31.0. The van der Waals surface area contributed by atoms with E-state index in [0.717, 1.165) is 35.4 Å². The maximum absolute atomic E-state index is 11.9. The quantitative estimate of drug-likeness (QED) is 0.600. The Morgan fingerprint density at radius 3 is 3.05 bits per heavy atom. The zero-order valence-electron chi connectivity index (χ0n) is 10.8. The van der Waals surface area contributed by atoms with Crippen LogP contribution in [-0.2, 0) is 13.0 Å². The normalized spacial score (nSPS) is 15.8. The summed E-state index contributed by atoms with van der Waals surface area (Å²) in [6, 6.07) is 2.08. The monoisotopic (exact) mass is 288 g/mol. The van der Waals surface area contributed by atoms with Crippen LogP contribution in [0.1, 0.15) is 11.3 Å². The third kappa shape index (κ3) is 1.56. The van der Waals surface area contributed by atoms with Crippen molar-refractivity contribution in [3.8, 4) is 0 Å². The van der Waals surface area contributed by atoms with Gasteiger partial charge in [-0.2, -0.15) is 0 Å². The third-order valence-electron chi connectivity index (χ3n) is 3.74. The fourth-order valence-electron chi connectivity index (χ4n) is 2.68. The van der Waals surface area contributed by atoms with Gasteiger partial charge in [-0.15, -0.1) is 11.3 Å². The summed E-state index contributed by atoms with van der Waals surface area (Å²) in [5.41, 5.74) is 1.86. The van der Waals surface area contributed by atoms with E-state index in [2.05, 4.69) is 33.2 Å². The van der Waals surface area contributed by atoms with Crippen molar-refractivity contribution in [2.75, 3.05) is 13.6 Å². The first kappa shape index (κ1) is 11.8. The van der Waals surface area contributed by atoms with Crippen molar-refractivity contribution in [1.82, 2.24) is 20.1 Å². The molecule has 0 amide bonds. The molecule has 0 saturated carbocycles. The second-order valence-electron chi connectivity index (χ2n) is 5.15. The molecule has 1 aliphatic rings. The van der Waals surface area contributed by atoms with Gasteiger partial charge in [0.2, 0.25) is 0 Å². The molecule has 2 N–H and O–H groups in total. The number of likely N-dealkylation sites (N-methyl/N-ethyl adjacent to an activating group) is 1. The van der Waals surface area contributed by atoms with E-state index in [4.69, 9.17) is 0 Å². The molecular formula is C13H12N4O2S. The van der Waals surface area contributed by atoms with Crippen LogP contribution in [0.15, 0.2) is 15.7 Å². The molecule has 0 radical (unpaired) electrons. The Balaban J connectivity index is 2.11. The third-order valence-corrected chi connectivity index (χ3v) is 4.83. The highest BCUT2D eigenvalue weighted by molar-refractivity contribution is 7.25. The Kier molecular flexibility index (Phi) is 2.36. The molecule has 0 aromatic carbocycles. The highest BCUT2D eigenvalue weighted by atomic mass is 32.1. The van der Waals surface area contributed by atoms with Gasteiger partial charge in [0, 0.05) is 30.6 Å². The molecule has 4 heterocycles. The van der Waals surface area contributed by atoms with E-state index in [1.807, 2.05) is 0 Å². The topological polar surface area (TPSA) is 81.8 Å². The molecule has 0 atom stereocenters. The molecule has 20 heavy (non-hydrogen) atoms. The summed E-state index contributed by atoms with van der Waals surface area (Å²) < 4.78 is 0.451. The van der Waals surface area contributed by atoms with Crippen molar-refractivity contribution in [1.29, 1.82) is 0 Å². The summed E-state index contributed by atoms with van der Waals surface area (Å²) >= 11 is 1.29. The van der Waals surface area contributed by atoms with Gasteiger partial charge in [-0.3, -0.25) is 19.8 Å². The Labute approximate surface area is 117 Å². The lowest BCUT2D eigenvalue weighted by Gasteiger charge is -2.23. The number of aromatic nitrogens is 3. The maximum atomic E-state index is 11.9. The highest BCUT2D eigenvalue weighted by Crippen LogP contribution is 2.31. The number of fused-ring (bicyclic) bond motifs is 4. The van der Waals surface area contributed by atoms with Crippen LogP contribution in [0.25, 0.3) is 20.4 Å². The van der Waals surface area contributed by atoms with Crippen molar-refractivity contribution in [3.63, 3.8) is 0 Å². The predicted molar refractivity (Wildman–Crippen MR) is 78.4 cm³/mol. The largest absolute Gasteiger partial charge is 0.311 e. The van der Waals surface area contributed by atoms with Crippen molar-refractivity contribution < 1.29 is 0 Å². The van der Waals surface area contributed by atoms with Gasteiger partial charge in [-0.1, -0.05) is 0 Å². The van der Waals surface area contributed by atoms with Crippen molar-refractivity contribution in [2.24, 2.45) is 0 Å². The molecule has 1 aliphatic heterocycles. The van der Waals surface area contributed by atoms with Crippen LogP contribution < -0.4 is 11.0 Å². The molecule has 3 aromatic heterocycles. The summed E-state index contributed by atoms with van der Waals surface area (Å²) in [6.07, 6.45) is 0.920. The minimum absolute atomic E-state index is 0.451. The second kappa shape index (κ2) is 4.00. The van der Waals surface area contributed by atoms with E-state index in [9.17, 15) is 9.59 Å². The van der Waals surface area contributed by atoms with Crippen molar-refractivity contribution in [2.45, 2.75) is 13.0 Å². The van der Waals surface area contributed by atoms with Gasteiger partial charge in [0.15, 0.2) is 0 Å². The van der Waals surface area contributed by atoms with Gasteiger partial charge in [0.05, 0.1) is 5.52 Å². The van der Waals surface area contributed by atoms with E-state index >= 15 is 0 Å². The van der Waals surface area contributed by atoms with Gasteiger partial charge in [0.1, 0.15) is 9.53 Å². The number of hydrogen-bond acceptors (Lipinski definition) is 5. The molecule has 0 fully saturated rings. The first-order chi connectivity index (χ1) is 9.63. The number of nitrogens with one attached hydrogen (secondary N) is 2. The van der Waals surface area contributed by atoms with E-state index in [0.29, 0.717) is 10.2 Å². The van der Waals surface area contributed by atoms with Crippen LogP contribution in [-0.4, -0.2) is 33.7 Å². The lowest BCUT2D eigenvalue weighted by Crippen LogP contribution is -2.27. The minimum atomic E-state index is -0.617. The molecule has 102 valence electrons. The van der Waals surface area contributed by atoms with Gasteiger partial charge in [-0.05, 0) is 18.7 Å². The molecule has 0 unspecified atom stereocenters. The summed E-state index contributed by atoms with van der Waals surface area (Å²) in [7, 11) is 2.08. The molecule has 7 heteroatoms. The number of aromatic amines is 2. The zero-order valence-corrected chi connectivity index (χ0v) is 11.6. The average Bonchev–Trinajstić information content (AvgIpc) is 2.79. The summed E-state index contributed by atoms with van der Waals surface area (Å²) in [6.45, 7) is 1.86. The molecule has 0 saturated heterocycles. The van der Waals surface area contributed by atoms with E-state index in [-0.39, 0.29) is 0 Å². The Hall–Kier alpha value is -1.99. The number of rotatable bonds is 0. The Morgan fingerprint density at radius 1 is 1.35 bits per heavy atom. The van der Waals surface area contributed by atoms with Crippen LogP contribution in [0.2, 0.25) is 0 Å². The first-order valence-corrected chi connectivity index (χ1v) is 7.19. The highest BCUT2D eigenvalue weighted by Gasteiger charge is 2.18. The number of thiophene rings is 1. The average molecular weight is 288 g/mol. The van der Waals surface area contributed by atoms with Gasteiger partial charge >= 0.3 is 5.56 Å². The van der Waals surface area contributed by atoms with Crippen molar-refractivity contribution >= 4 is 31.8 Å². The SMILES string of the molecule is CN1CCc2nc3sc4c(=O)c(=O)[nH][nH]c4c3cc2C1. The maximum Gasteiger partial charge on any atom is 0.311 e. The Bertz CT molecular complexity index is 953. The summed E-state index contributed by atoms with van der Waals surface area (Å²) in [5.74, 6) is 0. The number of nitrogens with zero attached hydrogens (tertiary/aromatic N) is 2. The second-order valence-corrected chi connectivity index (χ2v) is 6.15. The number of H-pyrrole nitrogens is 2. The molecule has 0 aliphatic carbocycles.